The molecule has 0 spiro atoms. The first-order valence-corrected chi connectivity index (χ1v) is 6.08. The third-order valence-corrected chi connectivity index (χ3v) is 3.26. The van der Waals surface area contributed by atoms with Gasteiger partial charge in [-0.05, 0) is 31.5 Å². The van der Waals surface area contributed by atoms with Crippen LogP contribution in [0.2, 0.25) is 0 Å². The van der Waals surface area contributed by atoms with Crippen LogP contribution < -0.4 is 11.1 Å². The second-order valence-electron chi connectivity index (χ2n) is 5.12. The van der Waals surface area contributed by atoms with Gasteiger partial charge in [-0.25, -0.2) is 0 Å². The van der Waals surface area contributed by atoms with Crippen molar-refractivity contribution >= 4 is 11.6 Å². The Labute approximate surface area is 114 Å². The number of hydrogen-bond donors (Lipinski definition) is 2. The average molecular weight is 288 g/mol. The first-order valence-electron chi connectivity index (χ1n) is 6.08. The van der Waals surface area contributed by atoms with Crippen LogP contribution in [0.3, 0.4) is 0 Å². The summed E-state index contributed by atoms with van der Waals surface area (Å²) in [6.45, 7) is 2.62. The molecule has 20 heavy (non-hydrogen) atoms. The largest absolute Gasteiger partial charge is 0.416 e. The number of ether oxygens (including phenoxy) is 1. The van der Waals surface area contributed by atoms with Gasteiger partial charge >= 0.3 is 6.18 Å². The minimum absolute atomic E-state index is 0.0121. The first kappa shape index (κ1) is 14.6. The molecule has 1 aromatic carbocycles. The molecule has 0 aliphatic carbocycles. The highest BCUT2D eigenvalue weighted by atomic mass is 19.4. The predicted octanol–water partition coefficient (Wildman–Crippen LogP) is 2.20. The van der Waals surface area contributed by atoms with Gasteiger partial charge in [0.25, 0.3) is 5.91 Å². The maximum Gasteiger partial charge on any atom is 0.416 e. The third-order valence-electron chi connectivity index (χ3n) is 3.26. The van der Waals surface area contributed by atoms with Crippen LogP contribution in [-0.2, 0) is 10.9 Å². The molecule has 1 aliphatic rings. The van der Waals surface area contributed by atoms with Crippen molar-refractivity contribution in [2.45, 2.75) is 25.1 Å². The number of nitrogens with one attached hydrogen (secondary N) is 1. The maximum absolute atomic E-state index is 12.7. The molecule has 1 atom stereocenters. The summed E-state index contributed by atoms with van der Waals surface area (Å²) in [6, 6.07) is 2.71. The van der Waals surface area contributed by atoms with E-state index in [4.69, 9.17) is 10.5 Å². The van der Waals surface area contributed by atoms with E-state index < -0.39 is 23.2 Å². The maximum atomic E-state index is 12.7. The molecule has 1 saturated heterocycles. The lowest BCUT2D eigenvalue weighted by Gasteiger charge is -2.24. The van der Waals surface area contributed by atoms with Crippen molar-refractivity contribution in [2.75, 3.05) is 18.9 Å². The summed E-state index contributed by atoms with van der Waals surface area (Å²) in [6.07, 6.45) is -3.90. The van der Waals surface area contributed by atoms with Gasteiger partial charge in [0.1, 0.15) is 0 Å². The van der Waals surface area contributed by atoms with Crippen LogP contribution in [0, 0.1) is 0 Å². The molecule has 0 radical (unpaired) electrons. The fraction of sp³-hybridized carbons (Fsp3) is 0.462. The molecule has 1 unspecified atom stereocenters. The number of halogens is 3. The van der Waals surface area contributed by atoms with Gasteiger partial charge in [-0.15, -0.1) is 0 Å². The highest BCUT2D eigenvalue weighted by Gasteiger charge is 2.34. The zero-order chi connectivity index (χ0) is 15.0. The molecule has 0 bridgehead atoms. The summed E-state index contributed by atoms with van der Waals surface area (Å²) in [7, 11) is 0. The molecular weight excluding hydrogens is 273 g/mol. The highest BCUT2D eigenvalue weighted by molar-refractivity contribution is 5.99. The molecule has 2 rings (SSSR count). The van der Waals surface area contributed by atoms with Crippen molar-refractivity contribution in [1.82, 2.24) is 5.32 Å². The van der Waals surface area contributed by atoms with E-state index in [9.17, 15) is 18.0 Å². The van der Waals surface area contributed by atoms with Crippen molar-refractivity contribution in [2.24, 2.45) is 0 Å². The third kappa shape index (κ3) is 3.04. The summed E-state index contributed by atoms with van der Waals surface area (Å²) in [5, 5.41) is 2.68. The molecule has 4 nitrogen and oxygen atoms in total. The van der Waals surface area contributed by atoms with Crippen LogP contribution in [-0.4, -0.2) is 24.7 Å². The molecule has 1 amide bonds. The standard InChI is InChI=1S/C13H15F3N2O2/c1-12(4-5-20-7-12)18-11(19)9-6-8(13(14,15)16)2-3-10(9)17/h2-3,6H,4-5,7,17H2,1H3,(H,18,19). The van der Waals surface area contributed by atoms with Gasteiger partial charge < -0.3 is 15.8 Å². The van der Waals surface area contributed by atoms with E-state index in [0.29, 0.717) is 19.6 Å². The van der Waals surface area contributed by atoms with Gasteiger partial charge in [0, 0.05) is 12.3 Å². The highest BCUT2D eigenvalue weighted by Crippen LogP contribution is 2.31. The van der Waals surface area contributed by atoms with Gasteiger partial charge in [0.05, 0.1) is 23.3 Å². The molecule has 1 aliphatic heterocycles. The quantitative estimate of drug-likeness (QED) is 0.820. The number of carbonyl (C=O) groups excluding carboxylic acids is 1. The monoisotopic (exact) mass is 288 g/mol. The van der Waals surface area contributed by atoms with Gasteiger partial charge in [-0.2, -0.15) is 13.2 Å². The number of amides is 1. The normalized spacial score (nSPS) is 22.8. The van der Waals surface area contributed by atoms with E-state index in [1.165, 1.54) is 0 Å². The number of benzene rings is 1. The number of carbonyl (C=O) groups is 1. The minimum Gasteiger partial charge on any atom is -0.398 e. The van der Waals surface area contributed by atoms with Crippen molar-refractivity contribution in [3.05, 3.63) is 29.3 Å². The number of rotatable bonds is 2. The van der Waals surface area contributed by atoms with Crippen molar-refractivity contribution in [1.29, 1.82) is 0 Å². The molecule has 0 saturated carbocycles. The topological polar surface area (TPSA) is 64.4 Å². The Kier molecular flexibility index (Phi) is 3.64. The van der Waals surface area contributed by atoms with Crippen LogP contribution >= 0.6 is 0 Å². The zero-order valence-electron chi connectivity index (χ0n) is 10.9. The smallest absolute Gasteiger partial charge is 0.398 e. The molecule has 1 heterocycles. The molecular formula is C13H15F3N2O2. The zero-order valence-corrected chi connectivity index (χ0v) is 10.9. The molecule has 0 aromatic heterocycles. The summed E-state index contributed by atoms with van der Waals surface area (Å²) in [5.41, 5.74) is 3.96. The van der Waals surface area contributed by atoms with Crippen molar-refractivity contribution in [3.63, 3.8) is 0 Å². The van der Waals surface area contributed by atoms with E-state index in [2.05, 4.69) is 5.32 Å². The Balaban J connectivity index is 2.25. The summed E-state index contributed by atoms with van der Waals surface area (Å²) in [5.74, 6) is -0.624. The minimum atomic E-state index is -4.51. The Morgan fingerprint density at radius 3 is 2.70 bits per heavy atom. The lowest BCUT2D eigenvalue weighted by Crippen LogP contribution is -2.46. The molecule has 3 N–H and O–H groups in total. The van der Waals surface area contributed by atoms with Gasteiger partial charge in [0.2, 0.25) is 0 Å². The fourth-order valence-electron chi connectivity index (χ4n) is 2.04. The number of alkyl halides is 3. The van der Waals surface area contributed by atoms with E-state index >= 15 is 0 Å². The lowest BCUT2D eigenvalue weighted by molar-refractivity contribution is -0.137. The van der Waals surface area contributed by atoms with Crippen LogP contribution in [0.25, 0.3) is 0 Å². The summed E-state index contributed by atoms with van der Waals surface area (Å²) in [4.78, 5) is 12.1. The molecule has 110 valence electrons. The lowest BCUT2D eigenvalue weighted by atomic mass is 10.00. The fourth-order valence-corrected chi connectivity index (χ4v) is 2.04. The van der Waals surface area contributed by atoms with Crippen molar-refractivity contribution in [3.8, 4) is 0 Å². The first-order chi connectivity index (χ1) is 9.21. The van der Waals surface area contributed by atoms with E-state index in [1.807, 2.05) is 0 Å². The van der Waals surface area contributed by atoms with Crippen LogP contribution in [0.15, 0.2) is 18.2 Å². The van der Waals surface area contributed by atoms with E-state index in [1.54, 1.807) is 6.92 Å². The Morgan fingerprint density at radius 2 is 2.15 bits per heavy atom. The summed E-state index contributed by atoms with van der Waals surface area (Å²) < 4.78 is 43.1. The number of nitrogens with two attached hydrogens (primary N) is 1. The summed E-state index contributed by atoms with van der Waals surface area (Å²) >= 11 is 0. The van der Waals surface area contributed by atoms with Gasteiger partial charge in [-0.1, -0.05) is 0 Å². The van der Waals surface area contributed by atoms with Crippen molar-refractivity contribution < 1.29 is 22.7 Å². The number of hydrogen-bond acceptors (Lipinski definition) is 3. The SMILES string of the molecule is CC1(NC(=O)c2cc(C(F)(F)F)ccc2N)CCOC1. The average Bonchev–Trinajstić information content (AvgIpc) is 2.74. The predicted molar refractivity (Wildman–Crippen MR) is 67.2 cm³/mol. The molecule has 7 heteroatoms. The number of anilines is 1. The van der Waals surface area contributed by atoms with Crippen LogP contribution in [0.4, 0.5) is 18.9 Å². The Bertz CT molecular complexity index is 523. The molecule has 1 aromatic rings. The molecule has 1 fully saturated rings. The van der Waals surface area contributed by atoms with E-state index in [-0.39, 0.29) is 11.3 Å². The second kappa shape index (κ2) is 4.97. The number of nitrogen functional groups attached to an aromatic ring is 1. The van der Waals surface area contributed by atoms with Gasteiger partial charge in [-0.3, -0.25) is 4.79 Å². The van der Waals surface area contributed by atoms with E-state index in [0.717, 1.165) is 18.2 Å². The second-order valence-corrected chi connectivity index (χ2v) is 5.12. The van der Waals surface area contributed by atoms with Crippen LogP contribution in [0.5, 0.6) is 0 Å². The Hall–Kier alpha value is -1.76. The van der Waals surface area contributed by atoms with Gasteiger partial charge in [0.15, 0.2) is 0 Å². The van der Waals surface area contributed by atoms with Crippen LogP contribution in [0.1, 0.15) is 29.3 Å². The Morgan fingerprint density at radius 1 is 1.45 bits per heavy atom.